The normalized spacial score (nSPS) is 8.89. The first-order valence-electron chi connectivity index (χ1n) is 2.62. The lowest BCUT2D eigenvalue weighted by molar-refractivity contribution is 1.29. The minimum absolute atomic E-state index is 0.492. The molecule has 0 aromatic carbocycles. The van der Waals surface area contributed by atoms with Crippen molar-refractivity contribution >= 4 is 11.5 Å². The third kappa shape index (κ3) is 1.51. The molecule has 46 valence electrons. The summed E-state index contributed by atoms with van der Waals surface area (Å²) in [6.45, 7) is 1.93. The summed E-state index contributed by atoms with van der Waals surface area (Å²) >= 11 is 1.40. The van der Waals surface area contributed by atoms with Gasteiger partial charge in [0.2, 0.25) is 0 Å². The SMILES string of the molecule is Cc1cc(CC#N)sn1. The van der Waals surface area contributed by atoms with Gasteiger partial charge in [-0.15, -0.1) is 0 Å². The van der Waals surface area contributed by atoms with Crippen LogP contribution in [0.4, 0.5) is 0 Å². The van der Waals surface area contributed by atoms with Gasteiger partial charge in [0.25, 0.3) is 0 Å². The number of aryl methyl sites for hydroxylation is 1. The van der Waals surface area contributed by atoms with Crippen LogP contribution in [-0.4, -0.2) is 4.37 Å². The van der Waals surface area contributed by atoms with Crippen molar-refractivity contribution in [2.24, 2.45) is 0 Å². The van der Waals surface area contributed by atoms with Gasteiger partial charge >= 0.3 is 0 Å². The van der Waals surface area contributed by atoms with Crippen molar-refractivity contribution in [2.45, 2.75) is 13.3 Å². The zero-order valence-corrected chi connectivity index (χ0v) is 5.90. The van der Waals surface area contributed by atoms with Crippen LogP contribution < -0.4 is 0 Å². The van der Waals surface area contributed by atoms with E-state index in [-0.39, 0.29) is 0 Å². The summed E-state index contributed by atoms with van der Waals surface area (Å²) < 4.78 is 4.03. The molecule has 9 heavy (non-hydrogen) atoms. The zero-order chi connectivity index (χ0) is 6.69. The minimum Gasteiger partial charge on any atom is -0.198 e. The molecule has 0 radical (unpaired) electrons. The fraction of sp³-hybridized carbons (Fsp3) is 0.333. The Labute approximate surface area is 57.9 Å². The van der Waals surface area contributed by atoms with Crippen LogP contribution in [0.25, 0.3) is 0 Å². The number of hydrogen-bond acceptors (Lipinski definition) is 3. The van der Waals surface area contributed by atoms with Gasteiger partial charge in [-0.25, -0.2) is 0 Å². The maximum atomic E-state index is 8.26. The highest BCUT2D eigenvalue weighted by atomic mass is 32.1. The van der Waals surface area contributed by atoms with E-state index in [2.05, 4.69) is 10.4 Å². The van der Waals surface area contributed by atoms with E-state index in [4.69, 9.17) is 5.26 Å². The number of nitriles is 1. The van der Waals surface area contributed by atoms with Crippen LogP contribution in [0.1, 0.15) is 10.6 Å². The largest absolute Gasteiger partial charge is 0.198 e. The van der Waals surface area contributed by atoms with Gasteiger partial charge in [-0.3, -0.25) is 0 Å². The molecule has 1 aromatic heterocycles. The van der Waals surface area contributed by atoms with Crippen molar-refractivity contribution in [1.29, 1.82) is 5.26 Å². The molecule has 0 unspecified atom stereocenters. The highest BCUT2D eigenvalue weighted by Crippen LogP contribution is 2.08. The second kappa shape index (κ2) is 2.60. The van der Waals surface area contributed by atoms with E-state index < -0.39 is 0 Å². The van der Waals surface area contributed by atoms with Crippen LogP contribution in [0, 0.1) is 18.3 Å². The molecular formula is C6H6N2S. The molecule has 1 heterocycles. The molecule has 0 N–H and O–H groups in total. The summed E-state index contributed by atoms with van der Waals surface area (Å²) in [5.74, 6) is 0. The number of nitrogens with zero attached hydrogens (tertiary/aromatic N) is 2. The average Bonchev–Trinajstić information content (AvgIpc) is 2.17. The van der Waals surface area contributed by atoms with E-state index in [0.29, 0.717) is 6.42 Å². The summed E-state index contributed by atoms with van der Waals surface area (Å²) in [5.41, 5.74) is 1.00. The molecule has 1 rings (SSSR count). The van der Waals surface area contributed by atoms with Gasteiger partial charge in [0.15, 0.2) is 0 Å². The topological polar surface area (TPSA) is 36.7 Å². The molecule has 0 spiro atoms. The molecule has 1 aromatic rings. The van der Waals surface area contributed by atoms with E-state index in [9.17, 15) is 0 Å². The predicted octanol–water partition coefficient (Wildman–Crippen LogP) is 1.52. The van der Waals surface area contributed by atoms with Crippen LogP contribution in [0.3, 0.4) is 0 Å². The summed E-state index contributed by atoms with van der Waals surface area (Å²) in [5, 5.41) is 8.26. The van der Waals surface area contributed by atoms with E-state index in [1.165, 1.54) is 11.5 Å². The molecule has 0 aliphatic rings. The first-order valence-corrected chi connectivity index (χ1v) is 3.39. The summed E-state index contributed by atoms with van der Waals surface area (Å²) in [4.78, 5) is 1.05. The van der Waals surface area contributed by atoms with E-state index in [0.717, 1.165) is 10.6 Å². The predicted molar refractivity (Wildman–Crippen MR) is 36.2 cm³/mol. The zero-order valence-electron chi connectivity index (χ0n) is 5.09. The van der Waals surface area contributed by atoms with Gasteiger partial charge in [-0.2, -0.15) is 9.64 Å². The van der Waals surface area contributed by atoms with Crippen LogP contribution in [0.2, 0.25) is 0 Å². The van der Waals surface area contributed by atoms with Gasteiger partial charge in [0, 0.05) is 4.88 Å². The molecule has 0 saturated carbocycles. The van der Waals surface area contributed by atoms with Crippen molar-refractivity contribution in [3.8, 4) is 6.07 Å². The Kier molecular flexibility index (Phi) is 1.81. The minimum atomic E-state index is 0.492. The maximum absolute atomic E-state index is 8.26. The lowest BCUT2D eigenvalue weighted by Crippen LogP contribution is -1.69. The Bertz CT molecular complexity index is 233. The van der Waals surface area contributed by atoms with E-state index >= 15 is 0 Å². The first-order chi connectivity index (χ1) is 4.33. The molecule has 0 aliphatic heterocycles. The Morgan fingerprint density at radius 3 is 3.11 bits per heavy atom. The third-order valence-corrected chi connectivity index (χ3v) is 1.81. The molecule has 0 bridgehead atoms. The summed E-state index contributed by atoms with van der Waals surface area (Å²) in [7, 11) is 0. The quantitative estimate of drug-likeness (QED) is 0.590. The van der Waals surface area contributed by atoms with Gasteiger partial charge in [0.05, 0.1) is 18.2 Å². The van der Waals surface area contributed by atoms with Crippen molar-refractivity contribution in [1.82, 2.24) is 4.37 Å². The average molecular weight is 138 g/mol. The molecule has 0 amide bonds. The van der Waals surface area contributed by atoms with Crippen molar-refractivity contribution in [2.75, 3.05) is 0 Å². The Morgan fingerprint density at radius 2 is 2.67 bits per heavy atom. The van der Waals surface area contributed by atoms with Gasteiger partial charge in [-0.1, -0.05) is 0 Å². The van der Waals surface area contributed by atoms with Gasteiger partial charge in [-0.05, 0) is 24.5 Å². The van der Waals surface area contributed by atoms with E-state index in [1.807, 2.05) is 13.0 Å². The Morgan fingerprint density at radius 1 is 1.89 bits per heavy atom. The third-order valence-electron chi connectivity index (χ3n) is 0.930. The number of aromatic nitrogens is 1. The van der Waals surface area contributed by atoms with Crippen molar-refractivity contribution in [3.05, 3.63) is 16.6 Å². The molecule has 2 nitrogen and oxygen atoms in total. The van der Waals surface area contributed by atoms with Gasteiger partial charge in [0.1, 0.15) is 0 Å². The van der Waals surface area contributed by atoms with E-state index in [1.54, 1.807) is 0 Å². The first kappa shape index (κ1) is 6.24. The highest BCUT2D eigenvalue weighted by Gasteiger charge is 1.94. The smallest absolute Gasteiger partial charge is 0.0711 e. The monoisotopic (exact) mass is 138 g/mol. The van der Waals surface area contributed by atoms with Crippen LogP contribution >= 0.6 is 11.5 Å². The second-order valence-corrected chi connectivity index (χ2v) is 2.66. The molecular weight excluding hydrogens is 132 g/mol. The van der Waals surface area contributed by atoms with Crippen LogP contribution in [0.15, 0.2) is 6.07 Å². The standard InChI is InChI=1S/C6H6N2S/c1-5-4-6(2-3-7)9-8-5/h4H,2H2,1H3. The molecule has 0 aliphatic carbocycles. The lowest BCUT2D eigenvalue weighted by atomic mass is 10.3. The fourth-order valence-electron chi connectivity index (χ4n) is 0.578. The second-order valence-electron chi connectivity index (χ2n) is 1.77. The van der Waals surface area contributed by atoms with Crippen molar-refractivity contribution in [3.63, 3.8) is 0 Å². The summed E-state index contributed by atoms with van der Waals surface area (Å²) in [6, 6.07) is 4.01. The maximum Gasteiger partial charge on any atom is 0.0711 e. The number of hydrogen-bond donors (Lipinski definition) is 0. The summed E-state index contributed by atoms with van der Waals surface area (Å²) in [6.07, 6.45) is 0.492. The van der Waals surface area contributed by atoms with Crippen LogP contribution in [0.5, 0.6) is 0 Å². The molecule has 0 fully saturated rings. The highest BCUT2D eigenvalue weighted by molar-refractivity contribution is 7.05. The van der Waals surface area contributed by atoms with Crippen molar-refractivity contribution < 1.29 is 0 Å². The Hall–Kier alpha value is -0.880. The molecule has 0 saturated heterocycles. The number of rotatable bonds is 1. The van der Waals surface area contributed by atoms with Crippen LogP contribution in [-0.2, 0) is 6.42 Å². The Balaban J connectivity index is 2.76. The fourth-order valence-corrected chi connectivity index (χ4v) is 1.24. The molecule has 3 heteroatoms. The van der Waals surface area contributed by atoms with Gasteiger partial charge < -0.3 is 0 Å². The lowest BCUT2D eigenvalue weighted by Gasteiger charge is -1.75. The molecule has 0 atom stereocenters.